The first-order chi connectivity index (χ1) is 8.29. The van der Waals surface area contributed by atoms with Gasteiger partial charge in [0.25, 0.3) is 0 Å². The molecule has 1 aromatic carbocycles. The summed E-state index contributed by atoms with van der Waals surface area (Å²) in [5.74, 6) is 0.710. The summed E-state index contributed by atoms with van der Waals surface area (Å²) in [4.78, 5) is 4.15. The van der Waals surface area contributed by atoms with Crippen molar-refractivity contribution >= 4 is 11.6 Å². The Bertz CT molecular complexity index is 485. The first-order valence-electron chi connectivity index (χ1n) is 5.31. The van der Waals surface area contributed by atoms with Crippen LogP contribution in [0.5, 0.6) is 5.75 Å². The summed E-state index contributed by atoms with van der Waals surface area (Å²) in [6.07, 6.45) is 1.67. The van der Waals surface area contributed by atoms with Gasteiger partial charge in [-0.15, -0.1) is 0 Å². The number of benzene rings is 1. The molecule has 0 saturated carbocycles. The summed E-state index contributed by atoms with van der Waals surface area (Å²) in [7, 11) is 0. The van der Waals surface area contributed by atoms with Crippen molar-refractivity contribution in [1.82, 2.24) is 4.98 Å². The number of pyridine rings is 1. The average Bonchev–Trinajstić information content (AvgIpc) is 2.38. The smallest absolute Gasteiger partial charge is 0.138 e. The fourth-order valence-corrected chi connectivity index (χ4v) is 1.58. The lowest BCUT2D eigenvalue weighted by molar-refractivity contribution is 0.305. The molecule has 0 aliphatic heterocycles. The minimum absolute atomic E-state index is 0.434. The topological polar surface area (TPSA) is 48.1 Å². The van der Waals surface area contributed by atoms with E-state index in [1.807, 2.05) is 36.4 Å². The Hall–Kier alpha value is -1.58. The molecule has 0 spiro atoms. The van der Waals surface area contributed by atoms with E-state index in [-0.39, 0.29) is 0 Å². The third-order valence-corrected chi connectivity index (χ3v) is 2.73. The van der Waals surface area contributed by atoms with Crippen molar-refractivity contribution in [2.75, 3.05) is 0 Å². The highest BCUT2D eigenvalue weighted by Gasteiger charge is 2.00. The number of halogens is 1. The molecule has 0 bridgehead atoms. The van der Waals surface area contributed by atoms with Gasteiger partial charge < -0.3 is 10.5 Å². The molecule has 0 aliphatic carbocycles. The first kappa shape index (κ1) is 11.9. The van der Waals surface area contributed by atoms with Gasteiger partial charge in [0.2, 0.25) is 0 Å². The van der Waals surface area contributed by atoms with E-state index in [0.717, 1.165) is 11.3 Å². The lowest BCUT2D eigenvalue weighted by atomic mass is 10.2. The van der Waals surface area contributed by atoms with Crippen LogP contribution in [-0.2, 0) is 13.2 Å². The maximum atomic E-state index is 6.03. The SMILES string of the molecule is NCc1ccc(OCc2ccccc2Cl)cn1. The number of ether oxygens (including phenoxy) is 1. The number of hydrogen-bond donors (Lipinski definition) is 1. The van der Waals surface area contributed by atoms with E-state index < -0.39 is 0 Å². The number of hydrogen-bond acceptors (Lipinski definition) is 3. The van der Waals surface area contributed by atoms with Crippen LogP contribution in [0.4, 0.5) is 0 Å². The summed E-state index contributed by atoms with van der Waals surface area (Å²) in [5, 5.41) is 0.707. The summed E-state index contributed by atoms with van der Waals surface area (Å²) in [6, 6.07) is 11.3. The molecule has 0 fully saturated rings. The molecule has 2 N–H and O–H groups in total. The molecule has 0 atom stereocenters. The normalized spacial score (nSPS) is 10.2. The maximum Gasteiger partial charge on any atom is 0.138 e. The number of nitrogens with two attached hydrogens (primary N) is 1. The molecule has 1 heterocycles. The van der Waals surface area contributed by atoms with Crippen LogP contribution in [-0.4, -0.2) is 4.98 Å². The zero-order valence-electron chi connectivity index (χ0n) is 9.27. The molecule has 0 unspecified atom stereocenters. The molecular formula is C13H13ClN2O. The molecule has 88 valence electrons. The molecule has 0 saturated heterocycles. The van der Waals surface area contributed by atoms with Crippen molar-refractivity contribution in [3.63, 3.8) is 0 Å². The Morgan fingerprint density at radius 1 is 1.18 bits per heavy atom. The molecular weight excluding hydrogens is 236 g/mol. The fraction of sp³-hybridized carbons (Fsp3) is 0.154. The predicted octanol–water partition coefficient (Wildman–Crippen LogP) is 2.77. The molecule has 2 aromatic rings. The van der Waals surface area contributed by atoms with Crippen LogP contribution in [0.15, 0.2) is 42.6 Å². The minimum Gasteiger partial charge on any atom is -0.487 e. The Morgan fingerprint density at radius 3 is 2.65 bits per heavy atom. The highest BCUT2D eigenvalue weighted by molar-refractivity contribution is 6.31. The Balaban J connectivity index is 2.00. The lowest BCUT2D eigenvalue weighted by Crippen LogP contribution is -2.00. The summed E-state index contributed by atoms with van der Waals surface area (Å²) in [6.45, 7) is 0.869. The Labute approximate surface area is 105 Å². The largest absolute Gasteiger partial charge is 0.487 e. The van der Waals surface area contributed by atoms with Gasteiger partial charge in [-0.1, -0.05) is 29.8 Å². The molecule has 0 amide bonds. The van der Waals surface area contributed by atoms with E-state index in [1.165, 1.54) is 0 Å². The van der Waals surface area contributed by atoms with Crippen molar-refractivity contribution in [2.45, 2.75) is 13.2 Å². The van der Waals surface area contributed by atoms with E-state index in [2.05, 4.69) is 4.98 Å². The van der Waals surface area contributed by atoms with Crippen LogP contribution in [0.3, 0.4) is 0 Å². The number of rotatable bonds is 4. The van der Waals surface area contributed by atoms with Crippen molar-refractivity contribution in [3.8, 4) is 5.75 Å². The van der Waals surface area contributed by atoms with Crippen LogP contribution in [0.25, 0.3) is 0 Å². The fourth-order valence-electron chi connectivity index (χ4n) is 1.39. The van der Waals surface area contributed by atoms with Crippen molar-refractivity contribution in [2.24, 2.45) is 5.73 Å². The first-order valence-corrected chi connectivity index (χ1v) is 5.68. The second kappa shape index (κ2) is 5.66. The van der Waals surface area contributed by atoms with E-state index >= 15 is 0 Å². The van der Waals surface area contributed by atoms with Crippen LogP contribution < -0.4 is 10.5 Å². The van der Waals surface area contributed by atoms with Crippen molar-refractivity contribution in [3.05, 3.63) is 58.9 Å². The van der Waals surface area contributed by atoms with Crippen molar-refractivity contribution < 1.29 is 4.74 Å². The molecule has 1 aromatic heterocycles. The Kier molecular flexibility index (Phi) is 3.96. The third-order valence-electron chi connectivity index (χ3n) is 2.36. The summed E-state index contributed by atoms with van der Waals surface area (Å²) in [5.41, 5.74) is 7.26. The van der Waals surface area contributed by atoms with Gasteiger partial charge in [0, 0.05) is 17.1 Å². The monoisotopic (exact) mass is 248 g/mol. The molecule has 3 nitrogen and oxygen atoms in total. The number of nitrogens with zero attached hydrogens (tertiary/aromatic N) is 1. The van der Waals surface area contributed by atoms with Crippen LogP contribution in [0, 0.1) is 0 Å². The highest BCUT2D eigenvalue weighted by atomic mass is 35.5. The predicted molar refractivity (Wildman–Crippen MR) is 67.9 cm³/mol. The van der Waals surface area contributed by atoms with Gasteiger partial charge in [0.15, 0.2) is 0 Å². The van der Waals surface area contributed by atoms with Gasteiger partial charge in [-0.05, 0) is 18.2 Å². The number of aromatic nitrogens is 1. The van der Waals surface area contributed by atoms with Gasteiger partial charge in [-0.2, -0.15) is 0 Å². The quantitative estimate of drug-likeness (QED) is 0.905. The van der Waals surface area contributed by atoms with Gasteiger partial charge >= 0.3 is 0 Å². The zero-order chi connectivity index (χ0) is 12.1. The molecule has 4 heteroatoms. The van der Waals surface area contributed by atoms with Gasteiger partial charge in [-0.3, -0.25) is 4.98 Å². The van der Waals surface area contributed by atoms with E-state index in [1.54, 1.807) is 6.20 Å². The second-order valence-corrected chi connectivity index (χ2v) is 3.98. The second-order valence-electron chi connectivity index (χ2n) is 3.57. The molecule has 2 rings (SSSR count). The molecule has 17 heavy (non-hydrogen) atoms. The van der Waals surface area contributed by atoms with Crippen LogP contribution >= 0.6 is 11.6 Å². The van der Waals surface area contributed by atoms with Gasteiger partial charge in [0.05, 0.1) is 11.9 Å². The zero-order valence-corrected chi connectivity index (χ0v) is 10.0. The maximum absolute atomic E-state index is 6.03. The third kappa shape index (κ3) is 3.19. The minimum atomic E-state index is 0.434. The lowest BCUT2D eigenvalue weighted by Gasteiger charge is -2.07. The van der Waals surface area contributed by atoms with Crippen molar-refractivity contribution in [1.29, 1.82) is 0 Å². The summed E-state index contributed by atoms with van der Waals surface area (Å²) >= 11 is 6.03. The van der Waals surface area contributed by atoms with Crippen LogP contribution in [0.2, 0.25) is 5.02 Å². The van der Waals surface area contributed by atoms with Crippen LogP contribution in [0.1, 0.15) is 11.3 Å². The standard InChI is InChI=1S/C13H13ClN2O/c14-13-4-2-1-3-10(13)9-17-12-6-5-11(7-15)16-8-12/h1-6,8H,7,9,15H2. The summed E-state index contributed by atoms with van der Waals surface area (Å²) < 4.78 is 5.58. The molecule has 0 radical (unpaired) electrons. The van der Waals surface area contributed by atoms with E-state index in [0.29, 0.717) is 23.9 Å². The van der Waals surface area contributed by atoms with Gasteiger partial charge in [0.1, 0.15) is 12.4 Å². The van der Waals surface area contributed by atoms with E-state index in [4.69, 9.17) is 22.1 Å². The Morgan fingerprint density at radius 2 is 2.00 bits per heavy atom. The molecule has 0 aliphatic rings. The van der Waals surface area contributed by atoms with Gasteiger partial charge in [-0.25, -0.2) is 0 Å². The average molecular weight is 249 g/mol. The highest BCUT2D eigenvalue weighted by Crippen LogP contribution is 2.17. The van der Waals surface area contributed by atoms with E-state index in [9.17, 15) is 0 Å².